The third-order valence-electron chi connectivity index (χ3n) is 5.58. The molecule has 7 nitrogen and oxygen atoms in total. The van der Waals surface area contributed by atoms with Gasteiger partial charge in [-0.2, -0.15) is 0 Å². The van der Waals surface area contributed by atoms with Gasteiger partial charge in [0.2, 0.25) is 11.8 Å². The van der Waals surface area contributed by atoms with E-state index in [-0.39, 0.29) is 55.4 Å². The summed E-state index contributed by atoms with van der Waals surface area (Å²) in [4.78, 5) is 53.6. The van der Waals surface area contributed by atoms with E-state index in [1.165, 1.54) is 17.0 Å². The Balaban J connectivity index is 1.68. The van der Waals surface area contributed by atoms with E-state index in [4.69, 9.17) is 0 Å². The second kappa shape index (κ2) is 10.2. The maximum absolute atomic E-state index is 13.3. The van der Waals surface area contributed by atoms with Gasteiger partial charge in [-0.15, -0.1) is 0 Å². The van der Waals surface area contributed by atoms with Crippen molar-refractivity contribution in [3.8, 4) is 0 Å². The van der Waals surface area contributed by atoms with Crippen LogP contribution in [0.15, 0.2) is 48.5 Å². The summed E-state index contributed by atoms with van der Waals surface area (Å²) >= 11 is 0. The lowest BCUT2D eigenvalue weighted by atomic mass is 10.1. The molecule has 0 spiro atoms. The fraction of sp³-hybridized carbons (Fsp3) is 0.385. The Hall–Kier alpha value is -3.55. The van der Waals surface area contributed by atoms with Crippen LogP contribution in [0.1, 0.15) is 66.8 Å². The summed E-state index contributed by atoms with van der Waals surface area (Å²) in [5.74, 6) is -1.72. The first-order valence-electron chi connectivity index (χ1n) is 11.3. The molecule has 2 aromatic rings. The third kappa shape index (κ3) is 5.87. The number of amides is 4. The summed E-state index contributed by atoms with van der Waals surface area (Å²) in [7, 11) is 0. The monoisotopic (exact) mass is 467 g/mol. The van der Waals surface area contributed by atoms with Crippen LogP contribution in [-0.2, 0) is 16.1 Å². The Morgan fingerprint density at radius 3 is 2.09 bits per heavy atom. The summed E-state index contributed by atoms with van der Waals surface area (Å²) in [5.41, 5.74) is 0.945. The number of nitrogens with zero attached hydrogens (tertiary/aromatic N) is 2. The lowest BCUT2D eigenvalue weighted by Crippen LogP contribution is -2.52. The van der Waals surface area contributed by atoms with Crippen molar-refractivity contribution in [2.75, 3.05) is 6.54 Å². The molecule has 1 aliphatic heterocycles. The van der Waals surface area contributed by atoms with Crippen LogP contribution < -0.4 is 5.32 Å². The van der Waals surface area contributed by atoms with E-state index in [1.54, 1.807) is 43.3 Å². The Kier molecular flexibility index (Phi) is 7.49. The van der Waals surface area contributed by atoms with Gasteiger partial charge in [-0.1, -0.05) is 24.3 Å². The molecular formula is C26H30FN3O4. The molecule has 0 saturated heterocycles. The Labute approximate surface area is 198 Å². The average Bonchev–Trinajstić information content (AvgIpc) is 3.02. The van der Waals surface area contributed by atoms with E-state index in [1.807, 2.05) is 20.8 Å². The van der Waals surface area contributed by atoms with Crippen LogP contribution in [0.25, 0.3) is 0 Å². The zero-order valence-electron chi connectivity index (χ0n) is 19.9. The predicted octanol–water partition coefficient (Wildman–Crippen LogP) is 3.53. The highest BCUT2D eigenvalue weighted by molar-refractivity contribution is 6.21. The Morgan fingerprint density at radius 2 is 1.56 bits per heavy atom. The summed E-state index contributed by atoms with van der Waals surface area (Å²) in [6.45, 7) is 7.44. The SMILES string of the molecule is C[C@H](C(=O)NC(C)(C)C)N(Cc1ccc(F)cc1)C(=O)CCCN1C(=O)c2ccccc2C1=O. The first-order chi connectivity index (χ1) is 16.0. The molecular weight excluding hydrogens is 437 g/mol. The Morgan fingerprint density at radius 1 is 1.00 bits per heavy atom. The highest BCUT2D eigenvalue weighted by Crippen LogP contribution is 2.23. The van der Waals surface area contributed by atoms with Crippen LogP contribution in [0.4, 0.5) is 4.39 Å². The van der Waals surface area contributed by atoms with Crippen molar-refractivity contribution in [2.45, 2.75) is 58.7 Å². The molecule has 2 aromatic carbocycles. The first-order valence-corrected chi connectivity index (χ1v) is 11.3. The maximum atomic E-state index is 13.3. The van der Waals surface area contributed by atoms with Gasteiger partial charge in [0.05, 0.1) is 11.1 Å². The molecule has 0 unspecified atom stereocenters. The largest absolute Gasteiger partial charge is 0.350 e. The zero-order valence-corrected chi connectivity index (χ0v) is 19.9. The molecule has 0 bridgehead atoms. The molecule has 8 heteroatoms. The van der Waals surface area contributed by atoms with Crippen molar-refractivity contribution in [3.05, 3.63) is 71.0 Å². The van der Waals surface area contributed by atoms with Crippen LogP contribution >= 0.6 is 0 Å². The van der Waals surface area contributed by atoms with E-state index in [0.29, 0.717) is 16.7 Å². The molecule has 180 valence electrons. The smallest absolute Gasteiger partial charge is 0.261 e. The minimum atomic E-state index is -0.768. The molecule has 1 heterocycles. The van der Waals surface area contributed by atoms with Gasteiger partial charge in [0.15, 0.2) is 0 Å². The van der Waals surface area contributed by atoms with Crippen LogP contribution in [0.2, 0.25) is 0 Å². The van der Waals surface area contributed by atoms with Gasteiger partial charge in [0.1, 0.15) is 11.9 Å². The molecule has 0 radical (unpaired) electrons. The highest BCUT2D eigenvalue weighted by Gasteiger charge is 2.35. The lowest BCUT2D eigenvalue weighted by molar-refractivity contribution is -0.141. The van der Waals surface area contributed by atoms with Crippen LogP contribution in [-0.4, -0.2) is 51.6 Å². The van der Waals surface area contributed by atoms with Gasteiger partial charge in [0.25, 0.3) is 11.8 Å². The number of nitrogens with one attached hydrogen (secondary N) is 1. The standard InChI is InChI=1S/C26H30FN3O4/c1-17(23(32)28-26(2,3)4)30(16-18-11-13-19(27)14-12-18)22(31)10-7-15-29-24(33)20-8-5-6-9-21(20)25(29)34/h5-6,8-9,11-14,17H,7,10,15-16H2,1-4H3,(H,28,32)/t17-/m1/s1. The van der Waals surface area contributed by atoms with Crippen molar-refractivity contribution in [3.63, 3.8) is 0 Å². The van der Waals surface area contributed by atoms with Crippen LogP contribution in [0, 0.1) is 5.82 Å². The predicted molar refractivity (Wildman–Crippen MR) is 125 cm³/mol. The van der Waals surface area contributed by atoms with Crippen molar-refractivity contribution >= 4 is 23.6 Å². The summed E-state index contributed by atoms with van der Waals surface area (Å²) in [6, 6.07) is 11.6. The molecule has 0 saturated carbocycles. The molecule has 1 aliphatic rings. The fourth-order valence-electron chi connectivity index (χ4n) is 3.82. The number of halogens is 1. The number of carbonyl (C=O) groups excluding carboxylic acids is 4. The summed E-state index contributed by atoms with van der Waals surface area (Å²) < 4.78 is 13.3. The second-order valence-electron chi connectivity index (χ2n) is 9.47. The average molecular weight is 468 g/mol. The number of hydrogen-bond acceptors (Lipinski definition) is 4. The number of rotatable bonds is 8. The number of benzene rings is 2. The Bertz CT molecular complexity index is 1060. The van der Waals surface area contributed by atoms with Crippen LogP contribution in [0.5, 0.6) is 0 Å². The van der Waals surface area contributed by atoms with Gasteiger partial charge in [-0.05, 0) is 63.9 Å². The number of fused-ring (bicyclic) bond motifs is 1. The molecule has 34 heavy (non-hydrogen) atoms. The summed E-state index contributed by atoms with van der Waals surface area (Å²) in [5, 5.41) is 2.88. The van der Waals surface area contributed by atoms with Crippen molar-refractivity contribution in [1.29, 1.82) is 0 Å². The van der Waals surface area contributed by atoms with E-state index in [9.17, 15) is 23.6 Å². The fourth-order valence-corrected chi connectivity index (χ4v) is 3.82. The van der Waals surface area contributed by atoms with Crippen LogP contribution in [0.3, 0.4) is 0 Å². The zero-order chi connectivity index (χ0) is 25.0. The molecule has 3 rings (SSSR count). The first kappa shape index (κ1) is 25.1. The minimum absolute atomic E-state index is 0.0434. The van der Waals surface area contributed by atoms with Gasteiger partial charge >= 0.3 is 0 Å². The third-order valence-corrected chi connectivity index (χ3v) is 5.58. The van der Waals surface area contributed by atoms with Gasteiger partial charge in [-0.25, -0.2) is 4.39 Å². The topological polar surface area (TPSA) is 86.8 Å². The minimum Gasteiger partial charge on any atom is -0.350 e. The molecule has 1 atom stereocenters. The normalized spacial score (nSPS) is 14.1. The number of carbonyl (C=O) groups is 4. The van der Waals surface area contributed by atoms with E-state index in [0.717, 1.165) is 4.90 Å². The van der Waals surface area contributed by atoms with Crippen molar-refractivity contribution in [1.82, 2.24) is 15.1 Å². The highest BCUT2D eigenvalue weighted by atomic mass is 19.1. The van der Waals surface area contributed by atoms with Crippen molar-refractivity contribution in [2.24, 2.45) is 0 Å². The number of imide groups is 1. The van der Waals surface area contributed by atoms with Gasteiger partial charge in [0, 0.05) is 25.0 Å². The lowest BCUT2D eigenvalue weighted by Gasteiger charge is -2.31. The molecule has 0 aliphatic carbocycles. The van der Waals surface area contributed by atoms with E-state index in [2.05, 4.69) is 5.32 Å². The molecule has 4 amide bonds. The molecule has 0 fully saturated rings. The van der Waals surface area contributed by atoms with E-state index < -0.39 is 11.6 Å². The maximum Gasteiger partial charge on any atom is 0.261 e. The van der Waals surface area contributed by atoms with Gasteiger partial charge < -0.3 is 10.2 Å². The number of hydrogen-bond donors (Lipinski definition) is 1. The quantitative estimate of drug-likeness (QED) is 0.602. The van der Waals surface area contributed by atoms with Gasteiger partial charge in [-0.3, -0.25) is 24.1 Å². The summed E-state index contributed by atoms with van der Waals surface area (Å²) in [6.07, 6.45) is 0.305. The van der Waals surface area contributed by atoms with Crippen molar-refractivity contribution < 1.29 is 23.6 Å². The molecule has 1 N–H and O–H groups in total. The molecule has 0 aromatic heterocycles. The second-order valence-corrected chi connectivity index (χ2v) is 9.47. The van der Waals surface area contributed by atoms with E-state index >= 15 is 0 Å².